The molecule has 0 saturated carbocycles. The molecule has 3 rings (SSSR count). The van der Waals surface area contributed by atoms with Crippen LogP contribution in [-0.2, 0) is 0 Å². The summed E-state index contributed by atoms with van der Waals surface area (Å²) in [6.07, 6.45) is 3.90. The van der Waals surface area contributed by atoms with Gasteiger partial charge >= 0.3 is 0 Å². The van der Waals surface area contributed by atoms with Gasteiger partial charge in [0.15, 0.2) is 0 Å². The molecule has 3 aromatic carbocycles. The van der Waals surface area contributed by atoms with E-state index in [0.29, 0.717) is 16.7 Å². The molecule has 18 heteroatoms. The van der Waals surface area contributed by atoms with Crippen LogP contribution in [0.1, 0.15) is 16.7 Å². The predicted molar refractivity (Wildman–Crippen MR) is 155 cm³/mol. The Morgan fingerprint density at radius 1 is 0.628 bits per heavy atom. The van der Waals surface area contributed by atoms with Gasteiger partial charge in [0.05, 0.1) is 72.9 Å². The van der Waals surface area contributed by atoms with Crippen LogP contribution in [0.5, 0.6) is 17.2 Å². The number of hydrazone groups is 2. The van der Waals surface area contributed by atoms with Crippen LogP contribution in [0.3, 0.4) is 0 Å². The van der Waals surface area contributed by atoms with Gasteiger partial charge in [0.1, 0.15) is 17.2 Å². The first kappa shape index (κ1) is 31.1. The van der Waals surface area contributed by atoms with Crippen molar-refractivity contribution >= 4 is 41.7 Å². The average Bonchev–Trinajstić information content (AvgIpc) is 3.00. The van der Waals surface area contributed by atoms with Crippen LogP contribution in [0.2, 0.25) is 0 Å². The number of nitrogens with zero attached hydrogens (tertiary/aromatic N) is 7. The van der Waals surface area contributed by atoms with E-state index in [-0.39, 0.29) is 40.3 Å². The predicted octanol–water partition coefficient (Wildman–Crippen LogP) is 3.37. The van der Waals surface area contributed by atoms with E-state index in [1.54, 1.807) is 0 Å². The van der Waals surface area contributed by atoms with Gasteiger partial charge in [-0.15, -0.1) is 5.10 Å². The Balaban J connectivity index is 1.88. The summed E-state index contributed by atoms with van der Waals surface area (Å²) < 4.78 is 15.6. The third-order valence-electron chi connectivity index (χ3n) is 5.39. The molecule has 0 aliphatic heterocycles. The van der Waals surface area contributed by atoms with Gasteiger partial charge in [-0.2, -0.15) is 15.3 Å². The molecule has 0 aliphatic carbocycles. The van der Waals surface area contributed by atoms with E-state index in [9.17, 15) is 30.3 Å². The van der Waals surface area contributed by atoms with Crippen LogP contribution in [0.4, 0.5) is 17.1 Å². The van der Waals surface area contributed by atoms with Crippen molar-refractivity contribution < 1.29 is 29.0 Å². The van der Waals surface area contributed by atoms with E-state index in [4.69, 9.17) is 14.2 Å². The molecule has 0 aromatic heterocycles. The first-order valence-electron chi connectivity index (χ1n) is 11.8. The monoisotopic (exact) mass is 593 g/mol. The molecular formula is C25H23N9O9. The molecule has 0 bridgehead atoms. The topological polar surface area (TPSA) is 231 Å². The minimum atomic E-state index is -0.566. The molecule has 43 heavy (non-hydrogen) atoms. The minimum Gasteiger partial charge on any atom is -0.496 e. The number of nitro benzene ring substituents is 3. The molecule has 0 atom stereocenters. The van der Waals surface area contributed by atoms with Gasteiger partial charge < -0.3 is 14.2 Å². The summed E-state index contributed by atoms with van der Waals surface area (Å²) in [4.78, 5) is 31.4. The third kappa shape index (κ3) is 8.51. The van der Waals surface area contributed by atoms with E-state index in [1.807, 2.05) is 0 Å². The van der Waals surface area contributed by atoms with Gasteiger partial charge in [0.2, 0.25) is 0 Å². The molecule has 0 unspecified atom stereocenters. The van der Waals surface area contributed by atoms with Gasteiger partial charge in [-0.05, 0) is 18.2 Å². The number of nitrogens with one attached hydrogen (secondary N) is 2. The lowest BCUT2D eigenvalue weighted by Crippen LogP contribution is -2.30. The highest BCUT2D eigenvalue weighted by Crippen LogP contribution is 2.25. The van der Waals surface area contributed by atoms with Crippen molar-refractivity contribution in [1.29, 1.82) is 0 Å². The number of benzene rings is 3. The standard InChI is InChI=1S/C25H23N9O9/c1-41-22-10-19(32(35)36)7-4-16(22)13-26-29-25(30-27-14-17-5-8-20(33(37)38)11-23(17)42-2)31-28-15-18-6-9-21(34(39)40)12-24(18)43-3/h4-15H,1-3H3,(H2,29,30,31). The van der Waals surface area contributed by atoms with Gasteiger partial charge in [0.25, 0.3) is 23.0 Å². The van der Waals surface area contributed by atoms with Gasteiger partial charge in [0, 0.05) is 34.9 Å². The quantitative estimate of drug-likeness (QED) is 0.134. The van der Waals surface area contributed by atoms with E-state index >= 15 is 0 Å². The van der Waals surface area contributed by atoms with Crippen LogP contribution >= 0.6 is 0 Å². The third-order valence-corrected chi connectivity index (χ3v) is 5.39. The minimum absolute atomic E-state index is 0.119. The lowest BCUT2D eigenvalue weighted by atomic mass is 10.2. The van der Waals surface area contributed by atoms with Crippen molar-refractivity contribution in [2.75, 3.05) is 21.3 Å². The number of hydrogen-bond donors (Lipinski definition) is 2. The van der Waals surface area contributed by atoms with Crippen LogP contribution in [-0.4, -0.2) is 60.7 Å². The largest absolute Gasteiger partial charge is 0.496 e. The summed E-state index contributed by atoms with van der Waals surface area (Å²) in [5.74, 6) is 0.448. The molecule has 0 fully saturated rings. The summed E-state index contributed by atoms with van der Waals surface area (Å²) in [6.45, 7) is 0. The fourth-order valence-corrected chi connectivity index (χ4v) is 3.30. The van der Waals surface area contributed by atoms with E-state index in [0.717, 1.165) is 0 Å². The van der Waals surface area contributed by atoms with Crippen molar-refractivity contribution in [2.24, 2.45) is 20.4 Å². The number of ether oxygens (including phenoxy) is 3. The summed E-state index contributed by atoms with van der Waals surface area (Å²) >= 11 is 0. The van der Waals surface area contributed by atoms with Crippen molar-refractivity contribution in [1.82, 2.24) is 10.9 Å². The Hall–Kier alpha value is -6.46. The highest BCUT2D eigenvalue weighted by molar-refractivity contribution is 5.89. The number of methoxy groups -OCH3 is 3. The first-order chi connectivity index (χ1) is 20.7. The Morgan fingerprint density at radius 2 is 0.977 bits per heavy atom. The highest BCUT2D eigenvalue weighted by Gasteiger charge is 2.12. The lowest BCUT2D eigenvalue weighted by Gasteiger charge is -2.06. The highest BCUT2D eigenvalue weighted by atomic mass is 16.6. The second-order valence-corrected chi connectivity index (χ2v) is 7.98. The second kappa shape index (κ2) is 14.8. The maximum atomic E-state index is 11.0. The fraction of sp³-hybridized carbons (Fsp3) is 0.120. The molecule has 18 nitrogen and oxygen atoms in total. The van der Waals surface area contributed by atoms with Crippen molar-refractivity contribution in [2.45, 2.75) is 0 Å². The average molecular weight is 594 g/mol. The summed E-state index contributed by atoms with van der Waals surface area (Å²) in [6, 6.07) is 11.8. The van der Waals surface area contributed by atoms with E-state index < -0.39 is 14.8 Å². The zero-order valence-corrected chi connectivity index (χ0v) is 22.7. The number of non-ortho nitro benzene ring substituents is 3. The van der Waals surface area contributed by atoms with Crippen LogP contribution in [0.15, 0.2) is 75.0 Å². The van der Waals surface area contributed by atoms with Crippen molar-refractivity contribution in [3.63, 3.8) is 0 Å². The number of guanidine groups is 1. The molecular weight excluding hydrogens is 570 g/mol. The van der Waals surface area contributed by atoms with Gasteiger partial charge in [-0.1, -0.05) is 0 Å². The Kier molecular flexibility index (Phi) is 10.7. The molecule has 0 radical (unpaired) electrons. The molecule has 0 aliphatic rings. The van der Waals surface area contributed by atoms with E-state index in [1.165, 1.54) is 94.6 Å². The Labute approximate surface area is 242 Å². The van der Waals surface area contributed by atoms with Gasteiger partial charge in [-0.25, -0.2) is 10.9 Å². The molecule has 0 heterocycles. The summed E-state index contributed by atoms with van der Waals surface area (Å²) in [7, 11) is 4.04. The summed E-state index contributed by atoms with van der Waals surface area (Å²) in [5, 5.41) is 49.1. The first-order valence-corrected chi connectivity index (χ1v) is 11.8. The molecule has 2 N–H and O–H groups in total. The maximum absolute atomic E-state index is 11.0. The van der Waals surface area contributed by atoms with Crippen molar-refractivity contribution in [3.8, 4) is 17.2 Å². The van der Waals surface area contributed by atoms with Crippen LogP contribution in [0.25, 0.3) is 0 Å². The van der Waals surface area contributed by atoms with Crippen LogP contribution < -0.4 is 25.1 Å². The molecule has 3 aromatic rings. The SMILES string of the molecule is COc1cc([N+](=O)[O-])ccc1C=NN=C(NN=Cc1ccc([N+](=O)[O-])cc1OC)NN=Cc1ccc([N+](=O)[O-])cc1OC. The van der Waals surface area contributed by atoms with Crippen molar-refractivity contribution in [3.05, 3.63) is 102 Å². The molecule has 222 valence electrons. The summed E-state index contributed by atoms with van der Waals surface area (Å²) in [5.41, 5.74) is 5.85. The normalized spacial score (nSPS) is 11.0. The fourth-order valence-electron chi connectivity index (χ4n) is 3.30. The lowest BCUT2D eigenvalue weighted by molar-refractivity contribution is -0.385. The zero-order chi connectivity index (χ0) is 31.4. The molecule has 0 amide bonds. The number of hydrogen-bond acceptors (Lipinski definition) is 13. The zero-order valence-electron chi connectivity index (χ0n) is 22.7. The second-order valence-electron chi connectivity index (χ2n) is 7.98. The smallest absolute Gasteiger partial charge is 0.273 e. The van der Waals surface area contributed by atoms with Crippen LogP contribution in [0, 0.1) is 30.3 Å². The Morgan fingerprint density at radius 3 is 1.30 bits per heavy atom. The maximum Gasteiger partial charge on any atom is 0.273 e. The number of rotatable bonds is 12. The van der Waals surface area contributed by atoms with E-state index in [2.05, 4.69) is 31.3 Å². The number of nitro groups is 3. The van der Waals surface area contributed by atoms with Gasteiger partial charge in [-0.3, -0.25) is 30.3 Å². The molecule has 0 saturated heterocycles. The Bertz CT molecular complexity index is 1560. The molecule has 0 spiro atoms.